The van der Waals surface area contributed by atoms with Crippen molar-refractivity contribution in [1.82, 2.24) is 5.23 Å². The first kappa shape index (κ1) is 18.2. The summed E-state index contributed by atoms with van der Waals surface area (Å²) in [6.45, 7) is 9.77. The number of hydrogen-bond acceptors (Lipinski definition) is 3. The fourth-order valence-electron chi connectivity index (χ4n) is 2.58. The molecule has 0 amide bonds. The molecule has 2 rings (SSSR count). The normalized spacial score (nSPS) is 13.9. The van der Waals surface area contributed by atoms with Crippen LogP contribution in [0.3, 0.4) is 0 Å². The fourth-order valence-corrected chi connectivity index (χ4v) is 2.58. The summed E-state index contributed by atoms with van der Waals surface area (Å²) in [5.41, 5.74) is 2.56. The third kappa shape index (κ3) is 4.91. The van der Waals surface area contributed by atoms with Gasteiger partial charge in [-0.15, -0.1) is 0 Å². The topological polar surface area (TPSA) is 44.7 Å². The highest BCUT2D eigenvalue weighted by molar-refractivity contribution is 5.76. The van der Waals surface area contributed by atoms with Gasteiger partial charge in [-0.3, -0.25) is 0 Å². The van der Waals surface area contributed by atoms with Gasteiger partial charge in [-0.2, -0.15) is 0 Å². The lowest BCUT2D eigenvalue weighted by atomic mass is 9.83. The Hall–Kier alpha value is -2.17. The monoisotopic (exact) mass is 325 g/mol. The summed E-state index contributed by atoms with van der Waals surface area (Å²) in [6, 6.07) is 17.0. The Labute approximate surface area is 144 Å². The van der Waals surface area contributed by atoms with Gasteiger partial charge < -0.3 is 4.84 Å². The van der Waals surface area contributed by atoms with Gasteiger partial charge in [0.25, 0.3) is 0 Å². The number of benzene rings is 2. The minimum absolute atomic E-state index is 0.284. The Morgan fingerprint density at radius 3 is 2.17 bits per heavy atom. The van der Waals surface area contributed by atoms with E-state index in [9.17, 15) is 5.21 Å². The average Bonchev–Trinajstić information content (AvgIpc) is 2.49. The number of hydrogen-bond donors (Lipinski definition) is 0. The number of aryl methyl sites for hydroxylation is 1. The third-order valence-corrected chi connectivity index (χ3v) is 3.69. The quantitative estimate of drug-likeness (QED) is 0.428. The van der Waals surface area contributed by atoms with Crippen LogP contribution in [0, 0.1) is 12.3 Å². The summed E-state index contributed by atoms with van der Waals surface area (Å²) >= 11 is 0. The predicted molar refractivity (Wildman–Crippen MR) is 96.2 cm³/mol. The van der Waals surface area contributed by atoms with Crippen LogP contribution in [0.2, 0.25) is 0 Å². The van der Waals surface area contributed by atoms with E-state index in [1.807, 2.05) is 82.3 Å². The Kier molecular flexibility index (Phi) is 5.75. The molecular formula is C20H25N2O2. The highest BCUT2D eigenvalue weighted by Gasteiger charge is 2.34. The number of aliphatic imine (C=N–C) groups is 1. The van der Waals surface area contributed by atoms with Crippen molar-refractivity contribution < 1.29 is 10.0 Å². The lowest BCUT2D eigenvalue weighted by molar-refractivity contribution is -0.374. The van der Waals surface area contributed by atoms with E-state index >= 15 is 0 Å². The summed E-state index contributed by atoms with van der Waals surface area (Å²) in [7, 11) is 0. The summed E-state index contributed by atoms with van der Waals surface area (Å²) in [5.74, 6) is 0.319. The highest BCUT2D eigenvalue weighted by Crippen LogP contribution is 2.37. The van der Waals surface area contributed by atoms with Crippen LogP contribution < -0.4 is 0 Å². The maximum atomic E-state index is 12.7. The summed E-state index contributed by atoms with van der Waals surface area (Å²) in [4.78, 5) is 9.81. The molecule has 0 aliphatic heterocycles. The summed E-state index contributed by atoms with van der Waals surface area (Å²) in [6.07, 6.45) is 0. The van der Waals surface area contributed by atoms with E-state index < -0.39 is 6.04 Å². The van der Waals surface area contributed by atoms with E-state index in [1.54, 1.807) is 6.92 Å². The van der Waals surface area contributed by atoms with Gasteiger partial charge in [-0.05, 0) is 30.0 Å². The lowest BCUT2D eigenvalue weighted by Gasteiger charge is -2.33. The first-order valence-electron chi connectivity index (χ1n) is 8.08. The molecule has 4 nitrogen and oxygen atoms in total. The van der Waals surface area contributed by atoms with Crippen molar-refractivity contribution in [2.75, 3.05) is 0 Å². The molecule has 1 unspecified atom stereocenters. The molecule has 1 radical (unpaired) electrons. The molecule has 0 aliphatic carbocycles. The molecule has 0 spiro atoms. The van der Waals surface area contributed by atoms with Crippen LogP contribution in [-0.2, 0) is 10.0 Å². The lowest BCUT2D eigenvalue weighted by Crippen LogP contribution is -2.35. The molecule has 0 N–H and O–H groups in total. The van der Waals surface area contributed by atoms with Gasteiger partial charge >= 0.3 is 0 Å². The predicted octanol–water partition coefficient (Wildman–Crippen LogP) is 5.41. The molecule has 2 aromatic rings. The van der Waals surface area contributed by atoms with E-state index in [2.05, 4.69) is 4.99 Å². The Morgan fingerprint density at radius 2 is 1.62 bits per heavy atom. The molecule has 0 heterocycles. The molecule has 4 heteroatoms. The van der Waals surface area contributed by atoms with Gasteiger partial charge in [0.05, 0.1) is 5.69 Å². The van der Waals surface area contributed by atoms with E-state index in [-0.39, 0.29) is 5.41 Å². The maximum Gasteiger partial charge on any atom is 0.214 e. The largest absolute Gasteiger partial charge is 0.362 e. The zero-order valence-corrected chi connectivity index (χ0v) is 15.0. The van der Waals surface area contributed by atoms with E-state index in [4.69, 9.17) is 4.84 Å². The van der Waals surface area contributed by atoms with Crippen LogP contribution in [0.25, 0.3) is 0 Å². The highest BCUT2D eigenvalue weighted by atomic mass is 16.9. The zero-order chi connectivity index (χ0) is 17.7. The SMILES string of the molecule is CC(=Nc1ccc(C)cc1)ON([O])C(c1ccccc1)C(C)(C)C. The Bertz CT molecular complexity index is 673. The van der Waals surface area contributed by atoms with Gasteiger partial charge in [0.2, 0.25) is 5.90 Å². The summed E-state index contributed by atoms with van der Waals surface area (Å²) < 4.78 is 0. The van der Waals surface area contributed by atoms with Crippen molar-refractivity contribution in [1.29, 1.82) is 0 Å². The molecular weight excluding hydrogens is 300 g/mol. The molecule has 0 bridgehead atoms. The first-order chi connectivity index (χ1) is 11.3. The fraction of sp³-hybridized carbons (Fsp3) is 0.350. The Balaban J connectivity index is 2.18. The van der Waals surface area contributed by atoms with Gasteiger partial charge in [0, 0.05) is 12.2 Å². The molecule has 1 atom stereocenters. The van der Waals surface area contributed by atoms with Crippen molar-refractivity contribution >= 4 is 11.6 Å². The second-order valence-corrected chi connectivity index (χ2v) is 7.02. The van der Waals surface area contributed by atoms with Crippen LogP contribution in [0.5, 0.6) is 0 Å². The summed E-state index contributed by atoms with van der Waals surface area (Å²) in [5, 5.41) is 13.3. The van der Waals surface area contributed by atoms with Crippen molar-refractivity contribution in [3.8, 4) is 0 Å². The second-order valence-electron chi connectivity index (χ2n) is 7.02. The van der Waals surface area contributed by atoms with Crippen LogP contribution >= 0.6 is 0 Å². The van der Waals surface area contributed by atoms with E-state index in [0.717, 1.165) is 16.8 Å². The average molecular weight is 325 g/mol. The zero-order valence-electron chi connectivity index (χ0n) is 15.0. The number of rotatable bonds is 4. The van der Waals surface area contributed by atoms with Crippen molar-refractivity contribution in [2.24, 2.45) is 10.4 Å². The van der Waals surface area contributed by atoms with Crippen molar-refractivity contribution in [2.45, 2.75) is 40.7 Å². The van der Waals surface area contributed by atoms with Crippen LogP contribution in [0.4, 0.5) is 5.69 Å². The van der Waals surface area contributed by atoms with Gasteiger partial charge in [0.1, 0.15) is 6.04 Å². The molecule has 0 saturated heterocycles. The van der Waals surface area contributed by atoms with Gasteiger partial charge in [0.15, 0.2) is 0 Å². The van der Waals surface area contributed by atoms with Crippen LogP contribution in [0.15, 0.2) is 59.6 Å². The van der Waals surface area contributed by atoms with E-state index in [0.29, 0.717) is 11.1 Å². The number of nitrogens with zero attached hydrogens (tertiary/aromatic N) is 2. The smallest absolute Gasteiger partial charge is 0.214 e. The maximum absolute atomic E-state index is 12.7. The van der Waals surface area contributed by atoms with Gasteiger partial charge in [-0.25, -0.2) is 4.99 Å². The molecule has 0 aliphatic rings. The molecule has 2 aromatic carbocycles. The minimum atomic E-state index is -0.429. The second kappa shape index (κ2) is 7.60. The molecule has 127 valence electrons. The molecule has 0 saturated carbocycles. The van der Waals surface area contributed by atoms with Crippen molar-refractivity contribution in [3.05, 3.63) is 65.7 Å². The minimum Gasteiger partial charge on any atom is -0.362 e. The Morgan fingerprint density at radius 1 is 1.04 bits per heavy atom. The third-order valence-electron chi connectivity index (χ3n) is 3.69. The van der Waals surface area contributed by atoms with Crippen LogP contribution in [-0.4, -0.2) is 11.1 Å². The van der Waals surface area contributed by atoms with E-state index in [1.165, 1.54) is 0 Å². The molecule has 0 aromatic heterocycles. The van der Waals surface area contributed by atoms with Crippen LogP contribution in [0.1, 0.15) is 44.9 Å². The standard InChI is InChI=1S/C20H25N2O2/c1-15-11-13-18(14-12-15)21-16(2)24-22(23)19(20(3,4)5)17-9-7-6-8-10-17/h6-14,19H,1-5H3. The first-order valence-corrected chi connectivity index (χ1v) is 8.08. The number of hydroxylamine groups is 2. The molecule has 0 fully saturated rings. The van der Waals surface area contributed by atoms with Crippen molar-refractivity contribution in [3.63, 3.8) is 0 Å². The van der Waals surface area contributed by atoms with Gasteiger partial charge in [-0.1, -0.05) is 74.0 Å². The molecule has 24 heavy (non-hydrogen) atoms.